The van der Waals surface area contributed by atoms with Crippen LogP contribution in [0.5, 0.6) is 0 Å². The lowest BCUT2D eigenvalue weighted by molar-refractivity contribution is -0.121. The van der Waals surface area contributed by atoms with Crippen molar-refractivity contribution in [2.45, 2.75) is 33.4 Å². The molecule has 0 aromatic carbocycles. The molecule has 0 fully saturated rings. The second-order valence-corrected chi connectivity index (χ2v) is 5.47. The minimum atomic E-state index is 0.00914. The molecule has 0 bridgehead atoms. The lowest BCUT2D eigenvalue weighted by atomic mass is 10.3. The van der Waals surface area contributed by atoms with E-state index in [2.05, 4.69) is 31.4 Å². The average Bonchev–Trinajstić information content (AvgIpc) is 2.93. The molecular formula is C13H18BrN5O. The predicted molar refractivity (Wildman–Crippen MR) is 79.1 cm³/mol. The summed E-state index contributed by atoms with van der Waals surface area (Å²) in [6, 6.07) is 1.89. The number of aryl methyl sites for hydroxylation is 3. The van der Waals surface area contributed by atoms with Gasteiger partial charge >= 0.3 is 0 Å². The van der Waals surface area contributed by atoms with Crippen LogP contribution in [0.25, 0.3) is 0 Å². The molecule has 2 aromatic rings. The van der Waals surface area contributed by atoms with Gasteiger partial charge in [-0.2, -0.15) is 10.2 Å². The van der Waals surface area contributed by atoms with Crippen molar-refractivity contribution in [3.8, 4) is 0 Å². The van der Waals surface area contributed by atoms with Crippen molar-refractivity contribution in [2.75, 3.05) is 0 Å². The second kappa shape index (κ2) is 6.21. The largest absolute Gasteiger partial charge is 0.350 e. The van der Waals surface area contributed by atoms with Gasteiger partial charge in [-0.3, -0.25) is 14.2 Å². The van der Waals surface area contributed by atoms with E-state index in [0.717, 1.165) is 21.6 Å². The van der Waals surface area contributed by atoms with Gasteiger partial charge in [0.05, 0.1) is 29.0 Å². The lowest BCUT2D eigenvalue weighted by Gasteiger charge is -2.07. The third kappa shape index (κ3) is 3.27. The quantitative estimate of drug-likeness (QED) is 0.901. The molecule has 0 saturated carbocycles. The Labute approximate surface area is 126 Å². The van der Waals surface area contributed by atoms with Crippen LogP contribution in [0.3, 0.4) is 0 Å². The van der Waals surface area contributed by atoms with Crippen molar-refractivity contribution in [2.24, 2.45) is 7.05 Å². The van der Waals surface area contributed by atoms with Gasteiger partial charge in [0.1, 0.15) is 0 Å². The summed E-state index contributed by atoms with van der Waals surface area (Å²) in [6.07, 6.45) is 2.13. The Kier molecular flexibility index (Phi) is 4.59. The van der Waals surface area contributed by atoms with Gasteiger partial charge in [-0.25, -0.2) is 0 Å². The summed E-state index contributed by atoms with van der Waals surface area (Å²) in [7, 11) is 1.86. The van der Waals surface area contributed by atoms with Gasteiger partial charge in [-0.1, -0.05) is 0 Å². The van der Waals surface area contributed by atoms with Crippen LogP contribution in [0.2, 0.25) is 0 Å². The first-order valence-corrected chi connectivity index (χ1v) is 7.21. The number of nitrogens with zero attached hydrogens (tertiary/aromatic N) is 4. The number of hydrogen-bond acceptors (Lipinski definition) is 3. The maximum Gasteiger partial charge on any atom is 0.222 e. The number of amides is 1. The highest BCUT2D eigenvalue weighted by Crippen LogP contribution is 2.19. The standard InChI is InChI=1S/C13H18BrN5O/c1-9-13(14)10(2)19(17-9)7-5-12(20)15-8-11-4-6-16-18(11)3/h4,6H,5,7-8H2,1-3H3,(H,15,20). The third-order valence-electron chi connectivity index (χ3n) is 3.23. The van der Waals surface area contributed by atoms with Gasteiger partial charge in [0.2, 0.25) is 5.91 Å². The van der Waals surface area contributed by atoms with E-state index >= 15 is 0 Å². The van der Waals surface area contributed by atoms with Crippen LogP contribution in [0.15, 0.2) is 16.7 Å². The molecule has 0 unspecified atom stereocenters. The summed E-state index contributed by atoms with van der Waals surface area (Å²) in [6.45, 7) is 5.00. The van der Waals surface area contributed by atoms with E-state index in [1.54, 1.807) is 10.9 Å². The summed E-state index contributed by atoms with van der Waals surface area (Å²) in [5, 5.41) is 11.3. The molecule has 0 radical (unpaired) electrons. The average molecular weight is 340 g/mol. The van der Waals surface area contributed by atoms with E-state index in [-0.39, 0.29) is 5.91 Å². The normalized spacial score (nSPS) is 10.8. The Balaban J connectivity index is 1.83. The molecule has 0 aliphatic carbocycles. The van der Waals surface area contributed by atoms with Crippen molar-refractivity contribution in [3.05, 3.63) is 33.8 Å². The minimum Gasteiger partial charge on any atom is -0.350 e. The molecule has 2 rings (SSSR count). The van der Waals surface area contributed by atoms with Gasteiger partial charge in [0.25, 0.3) is 0 Å². The smallest absolute Gasteiger partial charge is 0.222 e. The number of aromatic nitrogens is 4. The van der Waals surface area contributed by atoms with Crippen LogP contribution < -0.4 is 5.32 Å². The zero-order valence-corrected chi connectivity index (χ0v) is 13.4. The van der Waals surface area contributed by atoms with E-state index in [0.29, 0.717) is 19.5 Å². The lowest BCUT2D eigenvalue weighted by Crippen LogP contribution is -2.25. The summed E-state index contributed by atoms with van der Waals surface area (Å²) >= 11 is 3.48. The summed E-state index contributed by atoms with van der Waals surface area (Å²) in [5.74, 6) is 0.00914. The summed E-state index contributed by atoms with van der Waals surface area (Å²) < 4.78 is 4.61. The van der Waals surface area contributed by atoms with Crippen LogP contribution >= 0.6 is 15.9 Å². The number of rotatable bonds is 5. The number of halogens is 1. The molecule has 20 heavy (non-hydrogen) atoms. The highest BCUT2D eigenvalue weighted by molar-refractivity contribution is 9.10. The van der Waals surface area contributed by atoms with E-state index < -0.39 is 0 Å². The first-order chi connectivity index (χ1) is 9.49. The van der Waals surface area contributed by atoms with Gasteiger partial charge in [-0.15, -0.1) is 0 Å². The fraction of sp³-hybridized carbons (Fsp3) is 0.462. The van der Waals surface area contributed by atoms with Crippen LogP contribution in [-0.4, -0.2) is 25.5 Å². The maximum atomic E-state index is 11.8. The van der Waals surface area contributed by atoms with Crippen LogP contribution in [0, 0.1) is 13.8 Å². The van der Waals surface area contributed by atoms with Crippen molar-refractivity contribution < 1.29 is 4.79 Å². The molecule has 1 amide bonds. The third-order valence-corrected chi connectivity index (χ3v) is 4.38. The number of carbonyl (C=O) groups excluding carboxylic acids is 1. The van der Waals surface area contributed by atoms with Crippen LogP contribution in [0.4, 0.5) is 0 Å². The van der Waals surface area contributed by atoms with Crippen LogP contribution in [0.1, 0.15) is 23.5 Å². The molecule has 6 nitrogen and oxygen atoms in total. The Morgan fingerprint density at radius 2 is 2.20 bits per heavy atom. The molecular weight excluding hydrogens is 322 g/mol. The minimum absolute atomic E-state index is 0.00914. The number of carbonyl (C=O) groups is 1. The van der Waals surface area contributed by atoms with Crippen LogP contribution in [-0.2, 0) is 24.9 Å². The highest BCUT2D eigenvalue weighted by Gasteiger charge is 2.10. The highest BCUT2D eigenvalue weighted by atomic mass is 79.9. The van der Waals surface area contributed by atoms with Crippen molar-refractivity contribution in [1.82, 2.24) is 24.9 Å². The fourth-order valence-corrected chi connectivity index (χ4v) is 2.24. The molecule has 1 N–H and O–H groups in total. The van der Waals surface area contributed by atoms with Crippen molar-refractivity contribution in [1.29, 1.82) is 0 Å². The molecule has 0 spiro atoms. The van der Waals surface area contributed by atoms with Gasteiger partial charge in [0, 0.05) is 25.4 Å². The van der Waals surface area contributed by atoms with E-state index in [9.17, 15) is 4.79 Å². The second-order valence-electron chi connectivity index (χ2n) is 4.68. The molecule has 0 saturated heterocycles. The fourth-order valence-electron chi connectivity index (χ4n) is 1.95. The molecule has 7 heteroatoms. The van der Waals surface area contributed by atoms with Gasteiger partial charge < -0.3 is 5.32 Å². The first kappa shape index (κ1) is 14.8. The van der Waals surface area contributed by atoms with E-state index in [4.69, 9.17) is 0 Å². The molecule has 0 aliphatic heterocycles. The topological polar surface area (TPSA) is 64.7 Å². The Hall–Kier alpha value is -1.63. The molecule has 108 valence electrons. The van der Waals surface area contributed by atoms with Crippen molar-refractivity contribution >= 4 is 21.8 Å². The van der Waals surface area contributed by atoms with Gasteiger partial charge in [-0.05, 0) is 35.8 Å². The predicted octanol–water partition coefficient (Wildman–Crippen LogP) is 1.70. The number of nitrogens with one attached hydrogen (secondary N) is 1. The Bertz CT molecular complexity index is 616. The molecule has 2 heterocycles. The maximum absolute atomic E-state index is 11.8. The summed E-state index contributed by atoms with van der Waals surface area (Å²) in [4.78, 5) is 11.8. The monoisotopic (exact) mass is 339 g/mol. The Morgan fingerprint density at radius 3 is 2.75 bits per heavy atom. The molecule has 2 aromatic heterocycles. The SMILES string of the molecule is Cc1nn(CCC(=O)NCc2ccnn2C)c(C)c1Br. The van der Waals surface area contributed by atoms with Crippen molar-refractivity contribution in [3.63, 3.8) is 0 Å². The zero-order chi connectivity index (χ0) is 14.7. The zero-order valence-electron chi connectivity index (χ0n) is 11.9. The molecule has 0 atom stereocenters. The molecule has 0 aliphatic rings. The summed E-state index contributed by atoms with van der Waals surface area (Å²) in [5.41, 5.74) is 2.96. The van der Waals surface area contributed by atoms with E-state index in [1.165, 1.54) is 0 Å². The van der Waals surface area contributed by atoms with Gasteiger partial charge in [0.15, 0.2) is 0 Å². The first-order valence-electron chi connectivity index (χ1n) is 6.42. The Morgan fingerprint density at radius 1 is 1.45 bits per heavy atom. The van der Waals surface area contributed by atoms with E-state index in [1.807, 2.05) is 31.6 Å². The number of hydrogen-bond donors (Lipinski definition) is 1.